The summed E-state index contributed by atoms with van der Waals surface area (Å²) in [6, 6.07) is 8.84. The van der Waals surface area contributed by atoms with Crippen molar-refractivity contribution in [3.05, 3.63) is 34.9 Å². The van der Waals surface area contributed by atoms with Crippen molar-refractivity contribution in [1.29, 1.82) is 0 Å². The molecule has 0 unspecified atom stereocenters. The molecule has 2 atom stereocenters. The van der Waals surface area contributed by atoms with E-state index in [4.69, 9.17) is 11.6 Å². The second kappa shape index (κ2) is 5.38. The Balaban J connectivity index is 2.69. The number of nitrogens with one attached hydrogen (secondary N) is 1. The van der Waals surface area contributed by atoms with Gasteiger partial charge in [0.1, 0.15) is 0 Å². The molecule has 0 spiro atoms. The Kier molecular flexibility index (Phi) is 4.43. The van der Waals surface area contributed by atoms with Crippen LogP contribution in [0.2, 0.25) is 5.02 Å². The van der Waals surface area contributed by atoms with E-state index < -0.39 is 0 Å². The molecule has 0 saturated carbocycles. The minimum Gasteiger partial charge on any atom is -0.308 e. The van der Waals surface area contributed by atoms with E-state index in [0.29, 0.717) is 12.1 Å². The smallest absolute Gasteiger partial charge is 0.0453 e. The van der Waals surface area contributed by atoms with Gasteiger partial charge in [-0.25, -0.2) is 0 Å². The molecule has 0 aliphatic heterocycles. The van der Waals surface area contributed by atoms with E-state index in [9.17, 15) is 0 Å². The van der Waals surface area contributed by atoms with Crippen LogP contribution in [-0.4, -0.2) is 6.04 Å². The van der Waals surface area contributed by atoms with E-state index in [1.807, 2.05) is 18.2 Å². The van der Waals surface area contributed by atoms with Crippen LogP contribution in [0.1, 0.15) is 38.8 Å². The van der Waals surface area contributed by atoms with Gasteiger partial charge < -0.3 is 5.32 Å². The van der Waals surface area contributed by atoms with Gasteiger partial charge in [-0.15, -0.1) is 0 Å². The van der Waals surface area contributed by atoms with Crippen LogP contribution in [0, 0.1) is 0 Å². The molecule has 2 heteroatoms. The summed E-state index contributed by atoms with van der Waals surface area (Å²) in [5.74, 6) is 0. The maximum absolute atomic E-state index is 6.11. The molecule has 0 radical (unpaired) electrons. The van der Waals surface area contributed by atoms with E-state index in [1.165, 1.54) is 5.56 Å². The number of rotatable bonds is 4. The molecule has 14 heavy (non-hydrogen) atoms. The number of benzene rings is 1. The van der Waals surface area contributed by atoms with Crippen LogP contribution in [0.15, 0.2) is 24.3 Å². The monoisotopic (exact) mass is 211 g/mol. The second-order valence-corrected chi connectivity index (χ2v) is 4.13. The lowest BCUT2D eigenvalue weighted by Gasteiger charge is -2.19. The van der Waals surface area contributed by atoms with Crippen molar-refractivity contribution in [3.63, 3.8) is 0 Å². The molecular formula is C12H18ClN. The molecule has 0 aliphatic carbocycles. The van der Waals surface area contributed by atoms with Gasteiger partial charge in [0, 0.05) is 17.1 Å². The van der Waals surface area contributed by atoms with E-state index >= 15 is 0 Å². The van der Waals surface area contributed by atoms with E-state index in [2.05, 4.69) is 32.2 Å². The van der Waals surface area contributed by atoms with Crippen LogP contribution in [-0.2, 0) is 0 Å². The Morgan fingerprint density at radius 1 is 1.29 bits per heavy atom. The zero-order chi connectivity index (χ0) is 10.6. The van der Waals surface area contributed by atoms with Gasteiger partial charge in [-0.2, -0.15) is 0 Å². The van der Waals surface area contributed by atoms with Gasteiger partial charge in [-0.05, 0) is 31.9 Å². The molecular weight excluding hydrogens is 194 g/mol. The highest BCUT2D eigenvalue weighted by Crippen LogP contribution is 2.22. The van der Waals surface area contributed by atoms with Gasteiger partial charge in [-0.1, -0.05) is 36.7 Å². The maximum Gasteiger partial charge on any atom is 0.0453 e. The molecule has 0 fully saturated rings. The fourth-order valence-corrected chi connectivity index (χ4v) is 1.76. The zero-order valence-electron chi connectivity index (χ0n) is 9.05. The Morgan fingerprint density at radius 3 is 2.50 bits per heavy atom. The molecule has 1 aromatic carbocycles. The summed E-state index contributed by atoms with van der Waals surface area (Å²) in [6.45, 7) is 6.51. The van der Waals surface area contributed by atoms with Crippen molar-refractivity contribution < 1.29 is 0 Å². The zero-order valence-corrected chi connectivity index (χ0v) is 9.81. The molecule has 0 saturated heterocycles. The average molecular weight is 212 g/mol. The predicted octanol–water partition coefficient (Wildman–Crippen LogP) is 3.79. The van der Waals surface area contributed by atoms with Gasteiger partial charge in [0.2, 0.25) is 0 Å². The average Bonchev–Trinajstić information content (AvgIpc) is 2.18. The molecule has 0 aromatic heterocycles. The van der Waals surface area contributed by atoms with Gasteiger partial charge in [0.25, 0.3) is 0 Å². The normalized spacial score (nSPS) is 15.1. The maximum atomic E-state index is 6.11. The van der Waals surface area contributed by atoms with Crippen molar-refractivity contribution in [2.45, 2.75) is 39.3 Å². The van der Waals surface area contributed by atoms with Crippen LogP contribution in [0.5, 0.6) is 0 Å². The molecule has 0 bridgehead atoms. The van der Waals surface area contributed by atoms with Crippen LogP contribution in [0.25, 0.3) is 0 Å². The quantitative estimate of drug-likeness (QED) is 0.799. The van der Waals surface area contributed by atoms with Gasteiger partial charge >= 0.3 is 0 Å². The highest BCUT2D eigenvalue weighted by atomic mass is 35.5. The molecule has 0 amide bonds. The summed E-state index contributed by atoms with van der Waals surface area (Å²) >= 11 is 6.11. The third kappa shape index (κ3) is 3.00. The summed E-state index contributed by atoms with van der Waals surface area (Å²) < 4.78 is 0. The molecule has 78 valence electrons. The summed E-state index contributed by atoms with van der Waals surface area (Å²) in [6.07, 6.45) is 1.13. The van der Waals surface area contributed by atoms with Crippen molar-refractivity contribution in [1.82, 2.24) is 5.32 Å². The van der Waals surface area contributed by atoms with E-state index in [-0.39, 0.29) is 0 Å². The SMILES string of the molecule is CC[C@H](C)N[C@@H](C)c1ccccc1Cl. The Morgan fingerprint density at radius 2 is 1.93 bits per heavy atom. The highest BCUT2D eigenvalue weighted by molar-refractivity contribution is 6.31. The van der Waals surface area contributed by atoms with Crippen LogP contribution >= 0.6 is 11.6 Å². The molecule has 1 N–H and O–H groups in total. The first-order valence-corrected chi connectivity index (χ1v) is 5.53. The number of hydrogen-bond acceptors (Lipinski definition) is 1. The van der Waals surface area contributed by atoms with Crippen LogP contribution in [0.4, 0.5) is 0 Å². The summed E-state index contributed by atoms with van der Waals surface area (Å²) in [5, 5.41) is 4.35. The number of halogens is 1. The summed E-state index contributed by atoms with van der Waals surface area (Å²) in [5.41, 5.74) is 1.18. The lowest BCUT2D eigenvalue weighted by Crippen LogP contribution is -2.28. The van der Waals surface area contributed by atoms with Crippen molar-refractivity contribution in [3.8, 4) is 0 Å². The molecule has 1 aromatic rings. The topological polar surface area (TPSA) is 12.0 Å². The fraction of sp³-hybridized carbons (Fsp3) is 0.500. The lowest BCUT2D eigenvalue weighted by atomic mass is 10.1. The minimum absolute atomic E-state index is 0.318. The van der Waals surface area contributed by atoms with E-state index in [1.54, 1.807) is 0 Å². The molecule has 1 rings (SSSR count). The van der Waals surface area contributed by atoms with Gasteiger partial charge in [0.05, 0.1) is 0 Å². The van der Waals surface area contributed by atoms with Crippen LogP contribution < -0.4 is 5.32 Å². The molecule has 1 nitrogen and oxygen atoms in total. The van der Waals surface area contributed by atoms with E-state index in [0.717, 1.165) is 11.4 Å². The first-order chi connectivity index (χ1) is 6.65. The largest absolute Gasteiger partial charge is 0.308 e. The first kappa shape index (κ1) is 11.5. The third-order valence-electron chi connectivity index (χ3n) is 2.52. The molecule has 0 heterocycles. The third-order valence-corrected chi connectivity index (χ3v) is 2.86. The fourth-order valence-electron chi connectivity index (χ4n) is 1.46. The highest BCUT2D eigenvalue weighted by Gasteiger charge is 2.10. The Hall–Kier alpha value is -0.530. The van der Waals surface area contributed by atoms with Crippen LogP contribution in [0.3, 0.4) is 0 Å². The minimum atomic E-state index is 0.318. The second-order valence-electron chi connectivity index (χ2n) is 3.72. The predicted molar refractivity (Wildman–Crippen MR) is 62.8 cm³/mol. The van der Waals surface area contributed by atoms with Crippen molar-refractivity contribution in [2.24, 2.45) is 0 Å². The van der Waals surface area contributed by atoms with Crippen molar-refractivity contribution in [2.75, 3.05) is 0 Å². The Bertz CT molecular complexity index is 285. The lowest BCUT2D eigenvalue weighted by molar-refractivity contribution is 0.469. The number of hydrogen-bond donors (Lipinski definition) is 1. The molecule has 0 aliphatic rings. The first-order valence-electron chi connectivity index (χ1n) is 5.15. The van der Waals surface area contributed by atoms with Gasteiger partial charge in [-0.3, -0.25) is 0 Å². The van der Waals surface area contributed by atoms with Crippen molar-refractivity contribution >= 4 is 11.6 Å². The van der Waals surface area contributed by atoms with Gasteiger partial charge in [0.15, 0.2) is 0 Å². The standard InChI is InChI=1S/C12H18ClN/c1-4-9(2)14-10(3)11-7-5-6-8-12(11)13/h5-10,14H,4H2,1-3H3/t9-,10-/m0/s1. The summed E-state index contributed by atoms with van der Waals surface area (Å²) in [4.78, 5) is 0. The summed E-state index contributed by atoms with van der Waals surface area (Å²) in [7, 11) is 0. The Labute approximate surface area is 91.5 Å².